The molecule has 0 amide bonds. The molecule has 0 heterocycles. The molecule has 0 spiro atoms. The minimum Gasteiger partial charge on any atom is -0.385 e. The monoisotopic (exact) mass is 277 g/mol. The molecule has 106 valence electrons. The van der Waals surface area contributed by atoms with E-state index >= 15 is 0 Å². The number of nitrogens with zero attached hydrogens (tertiary/aromatic N) is 1. The second kappa shape index (κ2) is 9.07. The quantitative estimate of drug-likeness (QED) is 0.642. The number of hydrogen-bond donors (Lipinski definition) is 0. The molecular weight excluding hydrogens is 250 g/mol. The van der Waals surface area contributed by atoms with Crippen molar-refractivity contribution in [2.75, 3.05) is 32.1 Å². The van der Waals surface area contributed by atoms with Gasteiger partial charge in [0.05, 0.1) is 0 Å². The summed E-state index contributed by atoms with van der Waals surface area (Å²) in [6.07, 6.45) is 4.04. The zero-order chi connectivity index (χ0) is 14.1. The maximum absolute atomic E-state index is 5.72. The van der Waals surface area contributed by atoms with Crippen LogP contribution in [0.3, 0.4) is 0 Å². The minimum atomic E-state index is -1.09. The van der Waals surface area contributed by atoms with Gasteiger partial charge in [0, 0.05) is 12.8 Å². The van der Waals surface area contributed by atoms with Crippen LogP contribution in [0.5, 0.6) is 0 Å². The third-order valence-electron chi connectivity index (χ3n) is 3.51. The predicted octanol–water partition coefficient (Wildman–Crippen LogP) is 2.22. The Morgan fingerprint density at radius 2 is 2.00 bits per heavy atom. The molecule has 1 aromatic carbocycles. The summed E-state index contributed by atoms with van der Waals surface area (Å²) in [5.41, 5.74) is 1.21. The van der Waals surface area contributed by atoms with Crippen molar-refractivity contribution < 1.29 is 4.74 Å². The lowest BCUT2D eigenvalue weighted by molar-refractivity contribution is 0.189. The molecule has 1 unspecified atom stereocenters. The first kappa shape index (κ1) is 16.2. The van der Waals surface area contributed by atoms with Gasteiger partial charge in [-0.3, -0.25) is 0 Å². The molecule has 0 aromatic heterocycles. The summed E-state index contributed by atoms with van der Waals surface area (Å²) < 4.78 is 5.72. The lowest BCUT2D eigenvalue weighted by Crippen LogP contribution is -2.46. The molecule has 1 atom stereocenters. The normalized spacial score (nSPS) is 12.6. The molecule has 0 aliphatic rings. The van der Waals surface area contributed by atoms with Crippen molar-refractivity contribution in [2.45, 2.75) is 20.8 Å². The van der Waals surface area contributed by atoms with Gasteiger partial charge in [-0.25, -0.2) is 0 Å². The SMILES string of the molecule is C=Cc1cccc([SiH](COCC)CN(CC)CC)c1. The van der Waals surface area contributed by atoms with Crippen molar-refractivity contribution in [3.63, 3.8) is 0 Å². The van der Waals surface area contributed by atoms with Crippen molar-refractivity contribution in [1.82, 2.24) is 4.90 Å². The summed E-state index contributed by atoms with van der Waals surface area (Å²) in [6, 6.07) is 8.79. The first-order valence-corrected chi connectivity index (χ1v) is 9.48. The van der Waals surface area contributed by atoms with E-state index in [0.29, 0.717) is 0 Å². The predicted molar refractivity (Wildman–Crippen MR) is 87.6 cm³/mol. The highest BCUT2D eigenvalue weighted by atomic mass is 28.3. The van der Waals surface area contributed by atoms with Gasteiger partial charge < -0.3 is 9.64 Å². The molecule has 0 saturated heterocycles. The fourth-order valence-electron chi connectivity index (χ4n) is 2.25. The molecular formula is C16H27NOSi. The molecule has 0 aliphatic heterocycles. The Morgan fingerprint density at radius 3 is 2.58 bits per heavy atom. The van der Waals surface area contributed by atoms with E-state index in [9.17, 15) is 0 Å². The molecule has 1 rings (SSSR count). The lowest BCUT2D eigenvalue weighted by Gasteiger charge is -2.24. The van der Waals surface area contributed by atoms with Gasteiger partial charge in [-0.15, -0.1) is 0 Å². The fourth-order valence-corrected chi connectivity index (χ4v) is 5.23. The van der Waals surface area contributed by atoms with E-state index in [1.165, 1.54) is 16.9 Å². The zero-order valence-electron chi connectivity index (χ0n) is 12.6. The van der Waals surface area contributed by atoms with Gasteiger partial charge in [-0.1, -0.05) is 56.0 Å². The summed E-state index contributed by atoms with van der Waals surface area (Å²) in [5, 5.41) is 1.48. The first-order chi connectivity index (χ1) is 9.24. The lowest BCUT2D eigenvalue weighted by atomic mass is 10.2. The van der Waals surface area contributed by atoms with Crippen LogP contribution in [0.25, 0.3) is 6.08 Å². The van der Waals surface area contributed by atoms with Gasteiger partial charge in [0.25, 0.3) is 0 Å². The van der Waals surface area contributed by atoms with Crippen molar-refractivity contribution in [3.05, 3.63) is 36.4 Å². The fraction of sp³-hybridized carbons (Fsp3) is 0.500. The largest absolute Gasteiger partial charge is 0.385 e. The molecule has 0 N–H and O–H groups in total. The van der Waals surface area contributed by atoms with Gasteiger partial charge in [0.2, 0.25) is 0 Å². The standard InChI is InChI=1S/C16H27NOSi/c1-5-15-10-9-11-16(12-15)19(14-18-8-4)13-17(6-2)7-3/h5,9-12,19H,1,6-8,13-14H2,2-4H3. The third kappa shape index (κ3) is 5.31. The highest BCUT2D eigenvalue weighted by molar-refractivity contribution is 6.73. The molecule has 2 nitrogen and oxygen atoms in total. The van der Waals surface area contributed by atoms with E-state index in [0.717, 1.165) is 25.9 Å². The average Bonchev–Trinajstić information content (AvgIpc) is 2.47. The number of ether oxygens (including phenoxy) is 1. The van der Waals surface area contributed by atoms with Crippen LogP contribution >= 0.6 is 0 Å². The summed E-state index contributed by atoms with van der Waals surface area (Å²) >= 11 is 0. The Bertz CT molecular complexity index is 377. The number of rotatable bonds is 9. The molecule has 19 heavy (non-hydrogen) atoms. The van der Waals surface area contributed by atoms with E-state index in [2.05, 4.69) is 56.5 Å². The summed E-state index contributed by atoms with van der Waals surface area (Å²) in [6.45, 7) is 13.4. The smallest absolute Gasteiger partial charge is 0.114 e. The van der Waals surface area contributed by atoms with Gasteiger partial charge in [0.1, 0.15) is 8.80 Å². The molecule has 0 radical (unpaired) electrons. The Balaban J connectivity index is 2.84. The third-order valence-corrected chi connectivity index (χ3v) is 6.41. The van der Waals surface area contributed by atoms with Crippen LogP contribution in [0.2, 0.25) is 0 Å². The van der Waals surface area contributed by atoms with Gasteiger partial charge in [-0.2, -0.15) is 0 Å². The van der Waals surface area contributed by atoms with Crippen molar-refractivity contribution >= 4 is 20.1 Å². The van der Waals surface area contributed by atoms with Gasteiger partial charge >= 0.3 is 0 Å². The Hall–Kier alpha value is -0.903. The van der Waals surface area contributed by atoms with E-state index in [-0.39, 0.29) is 0 Å². The number of benzene rings is 1. The van der Waals surface area contributed by atoms with Crippen molar-refractivity contribution in [3.8, 4) is 0 Å². The van der Waals surface area contributed by atoms with E-state index in [1.807, 2.05) is 6.08 Å². The van der Waals surface area contributed by atoms with E-state index in [4.69, 9.17) is 4.74 Å². The number of hydrogen-bond acceptors (Lipinski definition) is 2. The summed E-state index contributed by atoms with van der Waals surface area (Å²) in [5.74, 6) is 0. The molecule has 0 saturated carbocycles. The minimum absolute atomic E-state index is 0.808. The highest BCUT2D eigenvalue weighted by Gasteiger charge is 2.17. The Morgan fingerprint density at radius 1 is 1.26 bits per heavy atom. The Labute approximate surface area is 119 Å². The van der Waals surface area contributed by atoms with Gasteiger partial charge in [0.15, 0.2) is 0 Å². The summed E-state index contributed by atoms with van der Waals surface area (Å²) in [4.78, 5) is 2.51. The maximum atomic E-state index is 5.72. The maximum Gasteiger partial charge on any atom is 0.114 e. The van der Waals surface area contributed by atoms with Crippen LogP contribution in [0.1, 0.15) is 26.3 Å². The first-order valence-electron chi connectivity index (χ1n) is 7.27. The molecule has 3 heteroatoms. The van der Waals surface area contributed by atoms with E-state index < -0.39 is 8.80 Å². The van der Waals surface area contributed by atoms with Crippen LogP contribution in [0, 0.1) is 0 Å². The van der Waals surface area contributed by atoms with Gasteiger partial charge in [-0.05, 0) is 31.7 Å². The molecule has 0 aliphatic carbocycles. The van der Waals surface area contributed by atoms with Crippen LogP contribution in [-0.4, -0.2) is 45.8 Å². The summed E-state index contributed by atoms with van der Waals surface area (Å²) in [7, 11) is -1.09. The second-order valence-electron chi connectivity index (χ2n) is 4.72. The second-order valence-corrected chi connectivity index (χ2v) is 7.48. The Kier molecular flexibility index (Phi) is 7.71. The zero-order valence-corrected chi connectivity index (χ0v) is 13.7. The molecule has 0 fully saturated rings. The van der Waals surface area contributed by atoms with Crippen LogP contribution in [-0.2, 0) is 4.74 Å². The van der Waals surface area contributed by atoms with Crippen molar-refractivity contribution in [2.24, 2.45) is 0 Å². The van der Waals surface area contributed by atoms with E-state index in [1.54, 1.807) is 0 Å². The highest BCUT2D eigenvalue weighted by Crippen LogP contribution is 2.01. The topological polar surface area (TPSA) is 12.5 Å². The van der Waals surface area contributed by atoms with Crippen LogP contribution < -0.4 is 5.19 Å². The molecule has 0 bridgehead atoms. The average molecular weight is 277 g/mol. The molecule has 1 aromatic rings. The van der Waals surface area contributed by atoms with Crippen LogP contribution in [0.4, 0.5) is 0 Å². The van der Waals surface area contributed by atoms with Crippen LogP contribution in [0.15, 0.2) is 30.8 Å². The van der Waals surface area contributed by atoms with Crippen molar-refractivity contribution in [1.29, 1.82) is 0 Å².